The molecule has 0 aliphatic heterocycles. The van der Waals surface area contributed by atoms with Crippen LogP contribution in [0.2, 0.25) is 5.02 Å². The highest BCUT2D eigenvalue weighted by atomic mass is 35.5. The van der Waals surface area contributed by atoms with Gasteiger partial charge in [0, 0.05) is 5.56 Å². The summed E-state index contributed by atoms with van der Waals surface area (Å²) in [5, 5.41) is 23.6. The van der Waals surface area contributed by atoms with Crippen LogP contribution < -0.4 is 0 Å². The first-order chi connectivity index (χ1) is 9.66. The van der Waals surface area contributed by atoms with Crippen molar-refractivity contribution in [1.82, 2.24) is 10.1 Å². The van der Waals surface area contributed by atoms with E-state index in [0.29, 0.717) is 16.4 Å². The second-order valence-corrected chi connectivity index (χ2v) is 4.48. The summed E-state index contributed by atoms with van der Waals surface area (Å²) in [6, 6.07) is 11.6. The third-order valence-corrected chi connectivity index (χ3v) is 3.12. The summed E-state index contributed by atoms with van der Waals surface area (Å²) >= 11 is 6.06. The van der Waals surface area contributed by atoms with E-state index in [-0.39, 0.29) is 23.0 Å². The molecule has 0 spiro atoms. The second kappa shape index (κ2) is 4.86. The van der Waals surface area contributed by atoms with Crippen LogP contribution >= 0.6 is 11.6 Å². The molecule has 0 aliphatic carbocycles. The van der Waals surface area contributed by atoms with E-state index in [1.807, 2.05) is 6.07 Å². The molecule has 0 amide bonds. The van der Waals surface area contributed by atoms with E-state index in [4.69, 9.17) is 16.1 Å². The molecule has 2 N–H and O–H groups in total. The molecule has 6 heteroatoms. The van der Waals surface area contributed by atoms with Crippen molar-refractivity contribution in [3.05, 3.63) is 47.5 Å². The van der Waals surface area contributed by atoms with Crippen molar-refractivity contribution in [2.75, 3.05) is 0 Å². The molecular formula is C14H9ClN2O3. The van der Waals surface area contributed by atoms with Crippen LogP contribution in [0.1, 0.15) is 0 Å². The average Bonchev–Trinajstić information content (AvgIpc) is 2.92. The molecule has 0 fully saturated rings. The van der Waals surface area contributed by atoms with E-state index in [2.05, 4.69) is 10.1 Å². The highest BCUT2D eigenvalue weighted by Crippen LogP contribution is 2.36. The Bertz CT molecular complexity index is 771. The zero-order chi connectivity index (χ0) is 14.1. The summed E-state index contributed by atoms with van der Waals surface area (Å²) in [4.78, 5) is 4.18. The third-order valence-electron chi connectivity index (χ3n) is 2.79. The zero-order valence-corrected chi connectivity index (χ0v) is 10.9. The molecule has 2 aromatic carbocycles. The van der Waals surface area contributed by atoms with Gasteiger partial charge >= 0.3 is 0 Å². The fourth-order valence-corrected chi connectivity index (χ4v) is 2.01. The number of aromatic nitrogens is 2. The van der Waals surface area contributed by atoms with Gasteiger partial charge in [-0.05, 0) is 24.3 Å². The van der Waals surface area contributed by atoms with Gasteiger partial charge in [-0.3, -0.25) is 0 Å². The van der Waals surface area contributed by atoms with Crippen LogP contribution in [0, 0.1) is 0 Å². The van der Waals surface area contributed by atoms with E-state index < -0.39 is 0 Å². The maximum atomic E-state index is 9.78. The molecule has 5 nitrogen and oxygen atoms in total. The molecule has 0 bridgehead atoms. The van der Waals surface area contributed by atoms with Gasteiger partial charge in [-0.2, -0.15) is 4.98 Å². The number of phenols is 2. The number of para-hydroxylation sites is 1. The Hall–Kier alpha value is -2.53. The van der Waals surface area contributed by atoms with Gasteiger partial charge in [0.1, 0.15) is 0 Å². The number of benzene rings is 2. The smallest absolute Gasteiger partial charge is 0.262 e. The van der Waals surface area contributed by atoms with Gasteiger partial charge in [0.15, 0.2) is 11.5 Å². The van der Waals surface area contributed by atoms with Gasteiger partial charge in [0.05, 0.1) is 10.6 Å². The van der Waals surface area contributed by atoms with E-state index in [1.165, 1.54) is 6.07 Å². The number of halogens is 1. The minimum absolute atomic E-state index is 0.105. The Labute approximate surface area is 119 Å². The van der Waals surface area contributed by atoms with Crippen LogP contribution in [0.4, 0.5) is 0 Å². The predicted octanol–water partition coefficient (Wildman–Crippen LogP) is 3.47. The summed E-state index contributed by atoms with van der Waals surface area (Å²) in [5.74, 6) is -0.136. The summed E-state index contributed by atoms with van der Waals surface area (Å²) in [6.45, 7) is 0. The Kier molecular flexibility index (Phi) is 3.04. The Balaban J connectivity index is 2.07. The minimum atomic E-state index is -0.304. The maximum Gasteiger partial charge on any atom is 0.262 e. The Morgan fingerprint density at radius 1 is 0.950 bits per heavy atom. The van der Waals surface area contributed by atoms with Crippen molar-refractivity contribution >= 4 is 11.6 Å². The van der Waals surface area contributed by atoms with Crippen molar-refractivity contribution in [1.29, 1.82) is 0 Å². The third kappa shape index (κ3) is 2.08. The molecular weight excluding hydrogens is 280 g/mol. The Morgan fingerprint density at radius 3 is 2.50 bits per heavy atom. The summed E-state index contributed by atoms with van der Waals surface area (Å²) in [7, 11) is 0. The number of rotatable bonds is 2. The van der Waals surface area contributed by atoms with Gasteiger partial charge in [0.2, 0.25) is 5.82 Å². The molecule has 100 valence electrons. The van der Waals surface area contributed by atoms with Crippen LogP contribution in [-0.2, 0) is 0 Å². The zero-order valence-electron chi connectivity index (χ0n) is 10.1. The molecule has 20 heavy (non-hydrogen) atoms. The average molecular weight is 289 g/mol. The van der Waals surface area contributed by atoms with Gasteiger partial charge in [-0.15, -0.1) is 0 Å². The predicted molar refractivity (Wildman–Crippen MR) is 73.5 cm³/mol. The standard InChI is InChI=1S/C14H9ClN2O3/c15-10-6-2-1-4-8(10)13-16-14(20-17-13)9-5-3-7-11(18)12(9)19/h1-7,18-19H. The van der Waals surface area contributed by atoms with Gasteiger partial charge in [-0.1, -0.05) is 35.0 Å². The summed E-state index contributed by atoms with van der Waals surface area (Å²) in [5.41, 5.74) is 0.889. The molecule has 0 saturated heterocycles. The lowest BCUT2D eigenvalue weighted by molar-refractivity contribution is 0.397. The number of hydrogen-bond donors (Lipinski definition) is 2. The second-order valence-electron chi connectivity index (χ2n) is 4.08. The van der Waals surface area contributed by atoms with Crippen molar-refractivity contribution in [3.8, 4) is 34.3 Å². The van der Waals surface area contributed by atoms with Crippen molar-refractivity contribution in [2.45, 2.75) is 0 Å². The van der Waals surface area contributed by atoms with Gasteiger partial charge < -0.3 is 14.7 Å². The molecule has 1 heterocycles. The number of aromatic hydroxyl groups is 2. The minimum Gasteiger partial charge on any atom is -0.504 e. The highest BCUT2D eigenvalue weighted by Gasteiger charge is 2.16. The normalized spacial score (nSPS) is 10.7. The summed E-state index contributed by atoms with van der Waals surface area (Å²) < 4.78 is 5.11. The molecule has 1 aromatic heterocycles. The van der Waals surface area contributed by atoms with E-state index >= 15 is 0 Å². The van der Waals surface area contributed by atoms with Crippen LogP contribution in [0.25, 0.3) is 22.8 Å². The van der Waals surface area contributed by atoms with Gasteiger partial charge in [-0.25, -0.2) is 0 Å². The fraction of sp³-hybridized carbons (Fsp3) is 0. The number of phenolic OH excluding ortho intramolecular Hbond substituents is 2. The SMILES string of the molecule is Oc1cccc(-c2nc(-c3ccccc3Cl)no2)c1O. The van der Waals surface area contributed by atoms with E-state index in [0.717, 1.165) is 0 Å². The first-order valence-corrected chi connectivity index (χ1v) is 6.14. The molecule has 0 radical (unpaired) electrons. The van der Waals surface area contributed by atoms with E-state index in [9.17, 15) is 10.2 Å². The van der Waals surface area contributed by atoms with Crippen LogP contribution in [0.15, 0.2) is 47.0 Å². The summed E-state index contributed by atoms with van der Waals surface area (Å²) in [6.07, 6.45) is 0. The Morgan fingerprint density at radius 2 is 1.70 bits per heavy atom. The lowest BCUT2D eigenvalue weighted by Gasteiger charge is -2.00. The first-order valence-electron chi connectivity index (χ1n) is 5.77. The topological polar surface area (TPSA) is 79.4 Å². The fourth-order valence-electron chi connectivity index (χ4n) is 1.79. The van der Waals surface area contributed by atoms with Crippen LogP contribution in [-0.4, -0.2) is 20.4 Å². The van der Waals surface area contributed by atoms with E-state index in [1.54, 1.807) is 30.3 Å². The van der Waals surface area contributed by atoms with Crippen molar-refractivity contribution < 1.29 is 14.7 Å². The van der Waals surface area contributed by atoms with Gasteiger partial charge in [0.25, 0.3) is 5.89 Å². The van der Waals surface area contributed by atoms with Crippen LogP contribution in [0.5, 0.6) is 11.5 Å². The molecule has 3 aromatic rings. The lowest BCUT2D eigenvalue weighted by atomic mass is 10.2. The van der Waals surface area contributed by atoms with Crippen LogP contribution in [0.3, 0.4) is 0 Å². The quantitative estimate of drug-likeness (QED) is 0.706. The largest absolute Gasteiger partial charge is 0.504 e. The molecule has 0 atom stereocenters. The molecule has 0 unspecified atom stereocenters. The van der Waals surface area contributed by atoms with Crippen molar-refractivity contribution in [3.63, 3.8) is 0 Å². The molecule has 3 rings (SSSR count). The lowest BCUT2D eigenvalue weighted by Crippen LogP contribution is -1.83. The molecule has 0 saturated carbocycles. The van der Waals surface area contributed by atoms with Crippen molar-refractivity contribution in [2.24, 2.45) is 0 Å². The first kappa shape index (κ1) is 12.5. The maximum absolute atomic E-state index is 9.78. The monoisotopic (exact) mass is 288 g/mol. The highest BCUT2D eigenvalue weighted by molar-refractivity contribution is 6.33. The number of hydrogen-bond acceptors (Lipinski definition) is 5. The number of nitrogens with zero attached hydrogens (tertiary/aromatic N) is 2. The molecule has 0 aliphatic rings.